The van der Waals surface area contributed by atoms with Gasteiger partial charge in [-0.05, 0) is 49.4 Å². The Morgan fingerprint density at radius 3 is 2.79 bits per heavy atom. The van der Waals surface area contributed by atoms with Gasteiger partial charge in [0.15, 0.2) is 5.65 Å². The first-order valence-electron chi connectivity index (χ1n) is 10.8. The van der Waals surface area contributed by atoms with Gasteiger partial charge in [0, 0.05) is 31.5 Å². The average Bonchev–Trinajstić information content (AvgIpc) is 3.49. The van der Waals surface area contributed by atoms with Crippen molar-refractivity contribution < 1.29 is 0 Å². The predicted octanol–water partition coefficient (Wildman–Crippen LogP) is 4.04. The minimum absolute atomic E-state index is 0.445. The van der Waals surface area contributed by atoms with Gasteiger partial charge in [-0.1, -0.05) is 6.07 Å². The number of aromatic amines is 1. The van der Waals surface area contributed by atoms with Gasteiger partial charge in [0.05, 0.1) is 46.6 Å². The van der Waals surface area contributed by atoms with Crippen molar-refractivity contribution in [3.8, 4) is 28.7 Å². The first-order valence-corrected chi connectivity index (χ1v) is 10.8. The molecule has 0 unspecified atom stereocenters. The largest absolute Gasteiger partial charge is 0.376 e. The number of H-pyrrole nitrogens is 1. The molecule has 0 fully saturated rings. The molecule has 4 aromatic heterocycles. The van der Waals surface area contributed by atoms with Crippen molar-refractivity contribution in [2.24, 2.45) is 0 Å². The molecular formula is C25H23N9. The molecule has 0 radical (unpaired) electrons. The number of fused-ring (bicyclic) bond motifs is 1. The normalized spacial score (nSPS) is 10.9. The second-order valence-corrected chi connectivity index (χ2v) is 8.14. The van der Waals surface area contributed by atoms with Crippen LogP contribution in [0.4, 0.5) is 11.4 Å². The van der Waals surface area contributed by atoms with Crippen LogP contribution in [0.15, 0.2) is 61.1 Å². The minimum atomic E-state index is 0.445. The van der Waals surface area contributed by atoms with Crippen LogP contribution in [0.5, 0.6) is 0 Å². The van der Waals surface area contributed by atoms with Gasteiger partial charge in [-0.2, -0.15) is 10.4 Å². The third-order valence-electron chi connectivity index (χ3n) is 5.50. The van der Waals surface area contributed by atoms with E-state index in [1.165, 1.54) is 6.33 Å². The minimum Gasteiger partial charge on any atom is -0.376 e. The van der Waals surface area contributed by atoms with E-state index in [9.17, 15) is 5.26 Å². The maximum absolute atomic E-state index is 9.32. The van der Waals surface area contributed by atoms with E-state index in [-0.39, 0.29) is 0 Å². The van der Waals surface area contributed by atoms with Crippen molar-refractivity contribution in [1.29, 1.82) is 5.26 Å². The first kappa shape index (κ1) is 21.2. The van der Waals surface area contributed by atoms with E-state index < -0.39 is 0 Å². The molecule has 0 aliphatic rings. The fraction of sp³-hybridized carbons (Fsp3) is 0.160. The Morgan fingerprint density at radius 1 is 1.12 bits per heavy atom. The highest BCUT2D eigenvalue weighted by atomic mass is 15.3. The van der Waals surface area contributed by atoms with Gasteiger partial charge in [0.25, 0.3) is 0 Å². The van der Waals surface area contributed by atoms with E-state index in [1.807, 2.05) is 80.6 Å². The summed E-state index contributed by atoms with van der Waals surface area (Å²) in [5.74, 6) is 0.749. The lowest BCUT2D eigenvalue weighted by molar-refractivity contribution is 0.960. The highest BCUT2D eigenvalue weighted by molar-refractivity contribution is 5.77. The van der Waals surface area contributed by atoms with Crippen molar-refractivity contribution in [2.75, 3.05) is 24.3 Å². The van der Waals surface area contributed by atoms with Crippen LogP contribution < -0.4 is 10.2 Å². The van der Waals surface area contributed by atoms with Crippen LogP contribution in [0.3, 0.4) is 0 Å². The molecule has 34 heavy (non-hydrogen) atoms. The average molecular weight is 450 g/mol. The van der Waals surface area contributed by atoms with Crippen LogP contribution in [0, 0.1) is 18.3 Å². The van der Waals surface area contributed by atoms with Crippen molar-refractivity contribution in [3.05, 3.63) is 78.1 Å². The summed E-state index contributed by atoms with van der Waals surface area (Å²) in [7, 11) is 3.94. The van der Waals surface area contributed by atoms with Crippen molar-refractivity contribution in [1.82, 2.24) is 29.5 Å². The summed E-state index contributed by atoms with van der Waals surface area (Å²) in [4.78, 5) is 19.3. The van der Waals surface area contributed by atoms with E-state index >= 15 is 0 Å². The number of pyridine rings is 2. The third kappa shape index (κ3) is 4.04. The Labute approximate surface area is 196 Å². The lowest BCUT2D eigenvalue weighted by Gasteiger charge is -2.18. The topological polar surface area (TPSA) is 111 Å². The Morgan fingerprint density at radius 2 is 2.00 bits per heavy atom. The molecular weight excluding hydrogens is 426 g/mol. The Balaban J connectivity index is 1.54. The zero-order valence-corrected chi connectivity index (χ0v) is 19.1. The zero-order chi connectivity index (χ0) is 23.7. The Hall–Kier alpha value is -4.71. The number of nitriles is 1. The molecule has 0 aliphatic heterocycles. The fourth-order valence-corrected chi connectivity index (χ4v) is 3.86. The quantitative estimate of drug-likeness (QED) is 0.402. The lowest BCUT2D eigenvalue weighted by atomic mass is 10.1. The second kappa shape index (κ2) is 8.67. The highest BCUT2D eigenvalue weighted by Gasteiger charge is 2.17. The third-order valence-corrected chi connectivity index (χ3v) is 5.50. The number of rotatable bonds is 6. The molecule has 0 saturated carbocycles. The standard InChI is InChI=1S/C25H23N9/c1-16-5-4-6-19(30-16)25-24(18-8-10-23-28-15-29-34(23)14-18)31-22(32-25)13-27-20-11-17(12-26)7-9-21(20)33(2)3/h4-11,14-15,27H,13H2,1-3H3,(H,31,32). The molecule has 0 saturated heterocycles. The molecule has 9 heteroatoms. The number of benzene rings is 1. The second-order valence-electron chi connectivity index (χ2n) is 8.14. The maximum Gasteiger partial charge on any atom is 0.155 e. The molecule has 0 amide bonds. The van der Waals surface area contributed by atoms with Crippen molar-refractivity contribution in [2.45, 2.75) is 13.5 Å². The van der Waals surface area contributed by atoms with Gasteiger partial charge >= 0.3 is 0 Å². The zero-order valence-electron chi connectivity index (χ0n) is 19.1. The predicted molar refractivity (Wildman–Crippen MR) is 131 cm³/mol. The van der Waals surface area contributed by atoms with E-state index in [4.69, 9.17) is 9.97 Å². The van der Waals surface area contributed by atoms with E-state index in [1.54, 1.807) is 4.52 Å². The number of hydrogen-bond acceptors (Lipinski definition) is 7. The monoisotopic (exact) mass is 449 g/mol. The van der Waals surface area contributed by atoms with Gasteiger partial charge in [-0.15, -0.1) is 0 Å². The number of aryl methyl sites for hydroxylation is 1. The summed E-state index contributed by atoms with van der Waals surface area (Å²) in [6, 6.07) is 17.6. The number of anilines is 2. The molecule has 9 nitrogen and oxygen atoms in total. The number of nitrogens with one attached hydrogen (secondary N) is 2. The van der Waals surface area contributed by atoms with Gasteiger partial charge in [-0.3, -0.25) is 4.98 Å². The van der Waals surface area contributed by atoms with Crippen molar-refractivity contribution in [3.63, 3.8) is 0 Å². The number of aromatic nitrogens is 6. The van der Waals surface area contributed by atoms with Crippen LogP contribution >= 0.6 is 0 Å². The fourth-order valence-electron chi connectivity index (χ4n) is 3.86. The molecule has 2 N–H and O–H groups in total. The Kier molecular flexibility index (Phi) is 5.40. The summed E-state index contributed by atoms with van der Waals surface area (Å²) in [6.07, 6.45) is 3.44. The maximum atomic E-state index is 9.32. The van der Waals surface area contributed by atoms with Crippen LogP contribution in [0.1, 0.15) is 17.1 Å². The van der Waals surface area contributed by atoms with Crippen LogP contribution in [0.25, 0.3) is 28.3 Å². The lowest BCUT2D eigenvalue weighted by Crippen LogP contribution is -2.12. The molecule has 5 rings (SSSR count). The van der Waals surface area contributed by atoms with Crippen molar-refractivity contribution >= 4 is 17.0 Å². The van der Waals surface area contributed by atoms with Gasteiger partial charge in [-0.25, -0.2) is 14.5 Å². The number of imidazole rings is 1. The smallest absolute Gasteiger partial charge is 0.155 e. The van der Waals surface area contributed by atoms with Gasteiger partial charge in [0.2, 0.25) is 0 Å². The Bertz CT molecular complexity index is 1520. The molecule has 5 aromatic rings. The van der Waals surface area contributed by atoms with Gasteiger partial charge < -0.3 is 15.2 Å². The molecule has 0 aliphatic carbocycles. The summed E-state index contributed by atoms with van der Waals surface area (Å²) < 4.78 is 1.73. The van der Waals surface area contributed by atoms with Crippen LogP contribution in [-0.2, 0) is 6.54 Å². The molecule has 0 atom stereocenters. The molecule has 0 bridgehead atoms. The molecule has 0 spiro atoms. The summed E-state index contributed by atoms with van der Waals surface area (Å²) >= 11 is 0. The van der Waals surface area contributed by atoms with E-state index in [0.29, 0.717) is 12.1 Å². The molecule has 4 heterocycles. The number of hydrogen-bond donors (Lipinski definition) is 2. The highest BCUT2D eigenvalue weighted by Crippen LogP contribution is 2.30. The summed E-state index contributed by atoms with van der Waals surface area (Å²) in [5, 5.41) is 17.0. The van der Waals surface area contributed by atoms with Crippen LogP contribution in [-0.4, -0.2) is 43.6 Å². The molecule has 168 valence electrons. The van der Waals surface area contributed by atoms with E-state index in [2.05, 4.69) is 26.5 Å². The summed E-state index contributed by atoms with van der Waals surface area (Å²) in [5.41, 5.74) is 7.47. The van der Waals surface area contributed by atoms with Gasteiger partial charge in [0.1, 0.15) is 12.2 Å². The first-order chi connectivity index (χ1) is 16.5. The van der Waals surface area contributed by atoms with Crippen LogP contribution in [0.2, 0.25) is 0 Å². The SMILES string of the molecule is Cc1cccc(-c2[nH]c(CNc3cc(C#N)ccc3N(C)C)nc2-c2ccc3ncnn3c2)n1. The summed E-state index contributed by atoms with van der Waals surface area (Å²) in [6.45, 7) is 2.41. The number of nitrogens with zero attached hydrogens (tertiary/aromatic N) is 7. The molecule has 1 aromatic carbocycles. The van der Waals surface area contributed by atoms with E-state index in [0.717, 1.165) is 51.2 Å².